The van der Waals surface area contributed by atoms with E-state index in [1.165, 1.54) is 11.3 Å². The van der Waals surface area contributed by atoms with E-state index in [9.17, 15) is 8.42 Å². The van der Waals surface area contributed by atoms with Gasteiger partial charge in [-0.25, -0.2) is 13.1 Å². The Kier molecular flexibility index (Phi) is 4.93. The predicted octanol–water partition coefficient (Wildman–Crippen LogP) is 2.25. The minimum absolute atomic E-state index is 0.305. The van der Waals surface area contributed by atoms with E-state index in [0.29, 0.717) is 18.0 Å². The van der Waals surface area contributed by atoms with Crippen molar-refractivity contribution in [2.24, 2.45) is 0 Å². The van der Waals surface area contributed by atoms with Crippen molar-refractivity contribution in [1.82, 2.24) is 10.0 Å². The maximum Gasteiger partial charge on any atom is 0.241 e. The van der Waals surface area contributed by atoms with E-state index < -0.39 is 10.0 Å². The normalized spacial score (nSPS) is 11.7. The molecule has 0 saturated heterocycles. The quantitative estimate of drug-likeness (QED) is 0.860. The summed E-state index contributed by atoms with van der Waals surface area (Å²) in [5.74, 6) is 0. The lowest BCUT2D eigenvalue weighted by Gasteiger charge is -2.06. The lowest BCUT2D eigenvalue weighted by molar-refractivity contribution is 0.581. The zero-order valence-electron chi connectivity index (χ0n) is 11.5. The van der Waals surface area contributed by atoms with Crippen LogP contribution in [0.3, 0.4) is 0 Å². The molecule has 0 fully saturated rings. The first-order valence-corrected chi connectivity index (χ1v) is 8.60. The van der Waals surface area contributed by atoms with E-state index >= 15 is 0 Å². The van der Waals surface area contributed by atoms with E-state index in [1.807, 2.05) is 44.3 Å². The first kappa shape index (κ1) is 15.2. The van der Waals surface area contributed by atoms with Crippen LogP contribution < -0.4 is 10.0 Å². The summed E-state index contributed by atoms with van der Waals surface area (Å²) in [6.07, 6.45) is 0. The van der Waals surface area contributed by atoms with E-state index in [-0.39, 0.29) is 0 Å². The van der Waals surface area contributed by atoms with Gasteiger partial charge in [-0.15, -0.1) is 11.3 Å². The number of sulfonamides is 1. The number of nitrogens with one attached hydrogen (secondary N) is 2. The van der Waals surface area contributed by atoms with Crippen molar-refractivity contribution in [2.75, 3.05) is 7.05 Å². The maximum absolute atomic E-state index is 12.3. The fourth-order valence-electron chi connectivity index (χ4n) is 1.90. The average molecular weight is 310 g/mol. The lowest BCUT2D eigenvalue weighted by atomic mass is 10.2. The molecule has 0 aliphatic carbocycles. The third-order valence-corrected chi connectivity index (χ3v) is 5.58. The van der Waals surface area contributed by atoms with Gasteiger partial charge in [-0.3, -0.25) is 0 Å². The van der Waals surface area contributed by atoms with Crippen LogP contribution in [0.4, 0.5) is 0 Å². The summed E-state index contributed by atoms with van der Waals surface area (Å²) in [7, 11) is -1.61. The maximum atomic E-state index is 12.3. The van der Waals surface area contributed by atoms with Crippen molar-refractivity contribution in [2.45, 2.75) is 24.9 Å². The van der Waals surface area contributed by atoms with Crippen molar-refractivity contribution in [1.29, 1.82) is 0 Å². The van der Waals surface area contributed by atoms with Gasteiger partial charge in [-0.2, -0.15) is 0 Å². The first-order chi connectivity index (χ1) is 9.53. The molecule has 6 heteroatoms. The second-order valence-corrected chi connectivity index (χ2v) is 7.55. The zero-order valence-corrected chi connectivity index (χ0v) is 13.1. The molecule has 0 spiro atoms. The highest BCUT2D eigenvalue weighted by Gasteiger charge is 2.19. The summed E-state index contributed by atoms with van der Waals surface area (Å²) in [5, 5.41) is 3.03. The molecule has 0 aliphatic heterocycles. The fourth-order valence-corrected chi connectivity index (χ4v) is 4.57. The highest BCUT2D eigenvalue weighted by atomic mass is 32.2. The number of rotatable bonds is 6. The van der Waals surface area contributed by atoms with Crippen LogP contribution in [0.1, 0.15) is 15.3 Å². The Bertz CT molecular complexity index is 664. The molecule has 1 heterocycles. The van der Waals surface area contributed by atoms with Crippen LogP contribution >= 0.6 is 11.3 Å². The highest BCUT2D eigenvalue weighted by Crippen LogP contribution is 2.25. The topological polar surface area (TPSA) is 58.2 Å². The molecule has 2 aromatic rings. The minimum atomic E-state index is -3.45. The second kappa shape index (κ2) is 6.49. The Hall–Kier alpha value is -1.21. The molecule has 0 bridgehead atoms. The third kappa shape index (κ3) is 3.67. The Morgan fingerprint density at radius 3 is 2.50 bits per heavy atom. The van der Waals surface area contributed by atoms with Gasteiger partial charge in [-0.05, 0) is 25.6 Å². The van der Waals surface area contributed by atoms with E-state index in [2.05, 4.69) is 10.0 Å². The van der Waals surface area contributed by atoms with Gasteiger partial charge in [0, 0.05) is 22.8 Å². The molecule has 0 atom stereocenters. The molecular formula is C14H18N2O2S2. The van der Waals surface area contributed by atoms with Crippen LogP contribution in [0, 0.1) is 6.92 Å². The summed E-state index contributed by atoms with van der Waals surface area (Å²) in [5.41, 5.74) is 0.944. The summed E-state index contributed by atoms with van der Waals surface area (Å²) < 4.78 is 27.3. The molecule has 108 valence electrons. The van der Waals surface area contributed by atoms with E-state index in [4.69, 9.17) is 0 Å². The van der Waals surface area contributed by atoms with E-state index in [1.54, 1.807) is 6.07 Å². The number of hydrogen-bond donors (Lipinski definition) is 2. The van der Waals surface area contributed by atoms with E-state index in [0.717, 1.165) is 15.3 Å². The van der Waals surface area contributed by atoms with Crippen molar-refractivity contribution in [3.05, 3.63) is 51.7 Å². The van der Waals surface area contributed by atoms with Crippen LogP contribution in [0.5, 0.6) is 0 Å². The van der Waals surface area contributed by atoms with Crippen LogP contribution in [-0.4, -0.2) is 15.5 Å². The number of benzene rings is 1. The molecule has 2 rings (SSSR count). The van der Waals surface area contributed by atoms with Gasteiger partial charge < -0.3 is 5.32 Å². The van der Waals surface area contributed by atoms with Crippen molar-refractivity contribution in [3.63, 3.8) is 0 Å². The van der Waals surface area contributed by atoms with Crippen molar-refractivity contribution < 1.29 is 8.42 Å². The number of aryl methyl sites for hydroxylation is 1. The summed E-state index contributed by atoms with van der Waals surface area (Å²) in [6, 6.07) is 11.2. The van der Waals surface area contributed by atoms with Crippen LogP contribution in [0.2, 0.25) is 0 Å². The van der Waals surface area contributed by atoms with Gasteiger partial charge in [0.15, 0.2) is 0 Å². The molecule has 0 saturated carbocycles. The van der Waals surface area contributed by atoms with Gasteiger partial charge in [0.1, 0.15) is 0 Å². The summed E-state index contributed by atoms with van der Waals surface area (Å²) in [6.45, 7) is 2.82. The molecule has 4 nitrogen and oxygen atoms in total. The lowest BCUT2D eigenvalue weighted by Crippen LogP contribution is -2.23. The first-order valence-electron chi connectivity index (χ1n) is 6.30. The Morgan fingerprint density at radius 2 is 1.85 bits per heavy atom. The van der Waals surface area contributed by atoms with Crippen LogP contribution in [-0.2, 0) is 23.1 Å². The monoisotopic (exact) mass is 310 g/mol. The van der Waals surface area contributed by atoms with Gasteiger partial charge in [-0.1, -0.05) is 30.3 Å². The zero-order chi connectivity index (χ0) is 14.6. The number of hydrogen-bond acceptors (Lipinski definition) is 4. The third-order valence-electron chi connectivity index (χ3n) is 2.87. The van der Waals surface area contributed by atoms with Gasteiger partial charge in [0.25, 0.3) is 0 Å². The molecule has 0 radical (unpaired) electrons. The van der Waals surface area contributed by atoms with Gasteiger partial charge in [0.2, 0.25) is 10.0 Å². The van der Waals surface area contributed by atoms with Crippen LogP contribution in [0.15, 0.2) is 41.3 Å². The fraction of sp³-hybridized carbons (Fsp3) is 0.286. The molecule has 1 aromatic carbocycles. The number of thiophene rings is 1. The largest absolute Gasteiger partial charge is 0.315 e. The smallest absolute Gasteiger partial charge is 0.241 e. The Balaban J connectivity index is 2.14. The Morgan fingerprint density at radius 1 is 1.15 bits per heavy atom. The molecule has 0 aliphatic rings. The van der Waals surface area contributed by atoms with Gasteiger partial charge >= 0.3 is 0 Å². The molecule has 0 unspecified atom stereocenters. The van der Waals surface area contributed by atoms with Crippen molar-refractivity contribution in [3.8, 4) is 0 Å². The van der Waals surface area contributed by atoms with Crippen LogP contribution in [0.25, 0.3) is 0 Å². The summed E-state index contributed by atoms with van der Waals surface area (Å²) in [4.78, 5) is 2.21. The Labute approximate surface area is 123 Å². The molecular weight excluding hydrogens is 292 g/mol. The SMILES string of the molecule is CNCc1cc(S(=O)(=O)NCc2ccccc2)c(C)s1. The molecule has 1 aromatic heterocycles. The standard InChI is InChI=1S/C14H18N2O2S2/c1-11-14(8-13(19-11)10-15-2)20(17,18)16-9-12-6-4-3-5-7-12/h3-8,15-16H,9-10H2,1-2H3. The van der Waals surface area contributed by atoms with Crippen molar-refractivity contribution >= 4 is 21.4 Å². The molecule has 2 N–H and O–H groups in total. The minimum Gasteiger partial charge on any atom is -0.315 e. The average Bonchev–Trinajstić information content (AvgIpc) is 2.80. The predicted molar refractivity (Wildman–Crippen MR) is 82.3 cm³/mol. The molecule has 0 amide bonds. The summed E-state index contributed by atoms with van der Waals surface area (Å²) >= 11 is 1.51. The molecule has 20 heavy (non-hydrogen) atoms. The second-order valence-electron chi connectivity index (χ2n) is 4.47. The highest BCUT2D eigenvalue weighted by molar-refractivity contribution is 7.89. The van der Waals surface area contributed by atoms with Gasteiger partial charge in [0.05, 0.1) is 4.90 Å².